The van der Waals surface area contributed by atoms with Crippen LogP contribution in [0.5, 0.6) is 5.75 Å². The zero-order valence-electron chi connectivity index (χ0n) is 12.5. The molecule has 1 aromatic heterocycles. The molecule has 0 spiro atoms. The molecule has 0 aliphatic heterocycles. The SMILES string of the molecule is Cc1nc(-c2ccccc2OCCN(C)C)sc1S(=O)(=O)Cl. The standard InChI is InChI=1S/C14H17ClN2O3S2/c1-10-14(22(15,18)19)21-13(16-10)11-6-4-5-7-12(11)20-9-8-17(2)3/h4-7H,8-9H2,1-3H3. The first-order valence-electron chi connectivity index (χ1n) is 6.58. The molecule has 0 saturated carbocycles. The van der Waals surface area contributed by atoms with E-state index in [9.17, 15) is 8.42 Å². The second-order valence-electron chi connectivity index (χ2n) is 4.98. The van der Waals surface area contributed by atoms with Crippen molar-refractivity contribution in [3.63, 3.8) is 0 Å². The highest BCUT2D eigenvalue weighted by atomic mass is 35.7. The average Bonchev–Trinajstić information content (AvgIpc) is 2.81. The van der Waals surface area contributed by atoms with Crippen LogP contribution in [0.3, 0.4) is 0 Å². The molecule has 1 aromatic carbocycles. The summed E-state index contributed by atoms with van der Waals surface area (Å²) in [4.78, 5) is 6.34. The van der Waals surface area contributed by atoms with E-state index in [-0.39, 0.29) is 4.21 Å². The Morgan fingerprint density at radius 2 is 2.00 bits per heavy atom. The first-order chi connectivity index (χ1) is 10.3. The van der Waals surface area contributed by atoms with Gasteiger partial charge in [0.2, 0.25) is 0 Å². The molecule has 0 radical (unpaired) electrons. The predicted octanol–water partition coefficient (Wildman–Crippen LogP) is 2.99. The van der Waals surface area contributed by atoms with Gasteiger partial charge in [0.25, 0.3) is 9.05 Å². The molecule has 120 valence electrons. The van der Waals surface area contributed by atoms with Gasteiger partial charge in [-0.2, -0.15) is 0 Å². The molecule has 0 bridgehead atoms. The summed E-state index contributed by atoms with van der Waals surface area (Å²) in [6.07, 6.45) is 0. The van der Waals surface area contributed by atoms with E-state index in [2.05, 4.69) is 4.98 Å². The van der Waals surface area contributed by atoms with Gasteiger partial charge < -0.3 is 9.64 Å². The van der Waals surface area contributed by atoms with E-state index in [1.807, 2.05) is 43.3 Å². The summed E-state index contributed by atoms with van der Waals surface area (Å²) >= 11 is 1.05. The van der Waals surface area contributed by atoms with Gasteiger partial charge in [0, 0.05) is 17.2 Å². The minimum absolute atomic E-state index is 0.0762. The van der Waals surface area contributed by atoms with E-state index in [1.165, 1.54) is 0 Å². The molecular formula is C14H17ClN2O3S2. The number of thiazole rings is 1. The Morgan fingerprint density at radius 3 is 2.59 bits per heavy atom. The van der Waals surface area contributed by atoms with Crippen LogP contribution in [0.25, 0.3) is 10.6 Å². The van der Waals surface area contributed by atoms with Gasteiger partial charge in [-0.3, -0.25) is 0 Å². The molecule has 2 aromatic rings. The summed E-state index contributed by atoms with van der Waals surface area (Å²) in [7, 11) is 5.59. The van der Waals surface area contributed by atoms with Gasteiger partial charge in [-0.15, -0.1) is 11.3 Å². The van der Waals surface area contributed by atoms with Crippen LogP contribution in [0.1, 0.15) is 5.69 Å². The van der Waals surface area contributed by atoms with Crippen LogP contribution < -0.4 is 4.74 Å². The Hall–Kier alpha value is -1.15. The number of likely N-dealkylation sites (N-methyl/N-ethyl adjacent to an activating group) is 1. The molecule has 0 atom stereocenters. The van der Waals surface area contributed by atoms with Crippen molar-refractivity contribution in [2.75, 3.05) is 27.2 Å². The maximum Gasteiger partial charge on any atom is 0.272 e. The second-order valence-corrected chi connectivity index (χ2v) is 8.74. The fraction of sp³-hybridized carbons (Fsp3) is 0.357. The van der Waals surface area contributed by atoms with E-state index in [0.29, 0.717) is 23.1 Å². The summed E-state index contributed by atoms with van der Waals surface area (Å²) in [6.45, 7) is 2.95. The monoisotopic (exact) mass is 360 g/mol. The van der Waals surface area contributed by atoms with Crippen LogP contribution in [0, 0.1) is 6.92 Å². The molecular weight excluding hydrogens is 344 g/mol. The normalized spacial score (nSPS) is 11.9. The predicted molar refractivity (Wildman–Crippen MR) is 89.4 cm³/mol. The number of halogens is 1. The molecule has 0 aliphatic rings. The number of nitrogens with zero attached hydrogens (tertiary/aromatic N) is 2. The Morgan fingerprint density at radius 1 is 1.32 bits per heavy atom. The number of aryl methyl sites for hydroxylation is 1. The van der Waals surface area contributed by atoms with E-state index < -0.39 is 9.05 Å². The van der Waals surface area contributed by atoms with Gasteiger partial charge in [0.05, 0.1) is 11.3 Å². The highest BCUT2D eigenvalue weighted by molar-refractivity contribution is 8.15. The van der Waals surface area contributed by atoms with Crippen molar-refractivity contribution in [1.29, 1.82) is 0 Å². The molecule has 0 N–H and O–H groups in total. The summed E-state index contributed by atoms with van der Waals surface area (Å²) < 4.78 is 28.9. The smallest absolute Gasteiger partial charge is 0.272 e. The number of rotatable bonds is 6. The van der Waals surface area contributed by atoms with E-state index in [1.54, 1.807) is 6.92 Å². The van der Waals surface area contributed by atoms with Crippen LogP contribution >= 0.6 is 22.0 Å². The summed E-state index contributed by atoms with van der Waals surface area (Å²) in [6, 6.07) is 7.43. The summed E-state index contributed by atoms with van der Waals surface area (Å²) in [5.41, 5.74) is 1.17. The Balaban J connectivity index is 2.33. The maximum atomic E-state index is 11.5. The van der Waals surface area contributed by atoms with E-state index in [4.69, 9.17) is 15.4 Å². The first kappa shape index (κ1) is 17.2. The lowest BCUT2D eigenvalue weighted by atomic mass is 10.2. The topological polar surface area (TPSA) is 59.5 Å². The molecule has 8 heteroatoms. The quantitative estimate of drug-likeness (QED) is 0.741. The van der Waals surface area contributed by atoms with Gasteiger partial charge in [0.15, 0.2) is 4.21 Å². The number of para-hydroxylation sites is 1. The Labute approximate surface area is 138 Å². The van der Waals surface area contributed by atoms with Crippen LogP contribution in [-0.4, -0.2) is 45.5 Å². The van der Waals surface area contributed by atoms with Crippen molar-refractivity contribution < 1.29 is 13.2 Å². The molecule has 0 saturated heterocycles. The summed E-state index contributed by atoms with van der Waals surface area (Å²) in [5.74, 6) is 0.677. The van der Waals surface area contributed by atoms with Crippen molar-refractivity contribution in [2.24, 2.45) is 0 Å². The van der Waals surface area contributed by atoms with Crippen LogP contribution in [0.15, 0.2) is 28.5 Å². The lowest BCUT2D eigenvalue weighted by Gasteiger charge is -2.13. The first-order valence-corrected chi connectivity index (χ1v) is 9.70. The largest absolute Gasteiger partial charge is 0.492 e. The number of ether oxygens (including phenoxy) is 1. The highest BCUT2D eigenvalue weighted by Crippen LogP contribution is 2.37. The molecule has 5 nitrogen and oxygen atoms in total. The molecule has 0 unspecified atom stereocenters. The van der Waals surface area contributed by atoms with Gasteiger partial charge in [-0.1, -0.05) is 12.1 Å². The Bertz CT molecular complexity index is 757. The fourth-order valence-electron chi connectivity index (χ4n) is 1.83. The zero-order valence-corrected chi connectivity index (χ0v) is 14.9. The van der Waals surface area contributed by atoms with Crippen molar-refractivity contribution in [1.82, 2.24) is 9.88 Å². The van der Waals surface area contributed by atoms with Gasteiger partial charge >= 0.3 is 0 Å². The van der Waals surface area contributed by atoms with E-state index >= 15 is 0 Å². The van der Waals surface area contributed by atoms with Crippen LogP contribution in [0.4, 0.5) is 0 Å². The minimum atomic E-state index is -3.78. The number of benzene rings is 1. The molecule has 0 amide bonds. The van der Waals surface area contributed by atoms with Crippen molar-refractivity contribution in [3.05, 3.63) is 30.0 Å². The number of hydrogen-bond donors (Lipinski definition) is 0. The lowest BCUT2D eigenvalue weighted by molar-refractivity contribution is 0.262. The van der Waals surface area contributed by atoms with E-state index in [0.717, 1.165) is 23.4 Å². The third-order valence-electron chi connectivity index (χ3n) is 2.89. The van der Waals surface area contributed by atoms with Crippen LogP contribution in [-0.2, 0) is 9.05 Å². The molecule has 0 aliphatic carbocycles. The molecule has 0 fully saturated rings. The Kier molecular flexibility index (Phi) is 5.44. The van der Waals surface area contributed by atoms with Crippen molar-refractivity contribution >= 4 is 31.1 Å². The lowest BCUT2D eigenvalue weighted by Crippen LogP contribution is -2.19. The van der Waals surface area contributed by atoms with Gasteiger partial charge in [-0.25, -0.2) is 13.4 Å². The molecule has 1 heterocycles. The number of aromatic nitrogens is 1. The third-order valence-corrected chi connectivity index (χ3v) is 6.26. The highest BCUT2D eigenvalue weighted by Gasteiger charge is 2.21. The van der Waals surface area contributed by atoms with Gasteiger partial charge in [0.1, 0.15) is 17.4 Å². The zero-order chi connectivity index (χ0) is 16.3. The van der Waals surface area contributed by atoms with Crippen molar-refractivity contribution in [3.8, 4) is 16.3 Å². The molecule has 2 rings (SSSR count). The minimum Gasteiger partial charge on any atom is -0.492 e. The fourth-order valence-corrected chi connectivity index (χ4v) is 4.31. The average molecular weight is 361 g/mol. The maximum absolute atomic E-state index is 11.5. The third kappa shape index (κ3) is 4.19. The molecule has 22 heavy (non-hydrogen) atoms. The summed E-state index contributed by atoms with van der Waals surface area (Å²) in [5, 5.41) is 0.581. The number of hydrogen-bond acceptors (Lipinski definition) is 6. The van der Waals surface area contributed by atoms with Gasteiger partial charge in [-0.05, 0) is 33.2 Å². The van der Waals surface area contributed by atoms with Crippen molar-refractivity contribution in [2.45, 2.75) is 11.1 Å². The van der Waals surface area contributed by atoms with Crippen LogP contribution in [0.2, 0.25) is 0 Å². The second kappa shape index (κ2) is 6.95.